The minimum absolute atomic E-state index is 0.306. The van der Waals surface area contributed by atoms with Crippen LogP contribution in [0.15, 0.2) is 35.8 Å². The topological polar surface area (TPSA) is 67.4 Å². The van der Waals surface area contributed by atoms with Gasteiger partial charge in [-0.2, -0.15) is 9.94 Å². The molecule has 2 heterocycles. The van der Waals surface area contributed by atoms with Crippen molar-refractivity contribution in [1.82, 2.24) is 20.0 Å². The van der Waals surface area contributed by atoms with Crippen molar-refractivity contribution >= 4 is 11.3 Å². The fourth-order valence-electron chi connectivity index (χ4n) is 1.86. The van der Waals surface area contributed by atoms with Crippen LogP contribution in [0.25, 0.3) is 16.4 Å². The fourth-order valence-corrected chi connectivity index (χ4v) is 2.46. The molecule has 3 aromatic rings. The predicted octanol–water partition coefficient (Wildman–Crippen LogP) is 2.57. The maximum Gasteiger partial charge on any atom is 0.212 e. The maximum atomic E-state index is 9.18. The molecule has 0 fully saturated rings. The molecule has 0 aliphatic rings. The van der Waals surface area contributed by atoms with Crippen molar-refractivity contribution in [2.45, 2.75) is 6.92 Å². The minimum Gasteiger partial charge on any atom is -0.227 e. The minimum atomic E-state index is 0.306. The van der Waals surface area contributed by atoms with Gasteiger partial charge < -0.3 is 0 Å². The SMILES string of the molecule is Cc1cccc(-c2c(C#N)nnn2-c2nccs2)c1. The van der Waals surface area contributed by atoms with Gasteiger partial charge in [0, 0.05) is 17.1 Å². The molecule has 92 valence electrons. The van der Waals surface area contributed by atoms with Gasteiger partial charge in [-0.15, -0.1) is 16.4 Å². The first-order chi connectivity index (χ1) is 9.29. The molecular weight excluding hydrogens is 258 g/mol. The summed E-state index contributed by atoms with van der Waals surface area (Å²) in [6.45, 7) is 2.01. The van der Waals surface area contributed by atoms with Gasteiger partial charge in [0.15, 0.2) is 5.69 Å². The van der Waals surface area contributed by atoms with E-state index in [2.05, 4.69) is 21.4 Å². The molecule has 5 nitrogen and oxygen atoms in total. The highest BCUT2D eigenvalue weighted by molar-refractivity contribution is 7.12. The smallest absolute Gasteiger partial charge is 0.212 e. The molecule has 0 bridgehead atoms. The average molecular weight is 267 g/mol. The Kier molecular flexibility index (Phi) is 2.82. The van der Waals surface area contributed by atoms with E-state index in [-0.39, 0.29) is 0 Å². The summed E-state index contributed by atoms with van der Waals surface area (Å²) in [4.78, 5) is 4.21. The number of hydrogen-bond donors (Lipinski definition) is 0. The van der Waals surface area contributed by atoms with Crippen LogP contribution >= 0.6 is 11.3 Å². The highest BCUT2D eigenvalue weighted by atomic mass is 32.1. The molecular formula is C13H9N5S. The molecule has 2 aromatic heterocycles. The molecule has 0 unspecified atom stereocenters. The van der Waals surface area contributed by atoms with E-state index >= 15 is 0 Å². The molecule has 3 rings (SSSR count). The van der Waals surface area contributed by atoms with Crippen LogP contribution in [0.5, 0.6) is 0 Å². The molecule has 0 N–H and O–H groups in total. The number of thiazole rings is 1. The number of aryl methyl sites for hydroxylation is 1. The molecule has 0 aliphatic heterocycles. The summed E-state index contributed by atoms with van der Waals surface area (Å²) in [6.07, 6.45) is 1.70. The van der Waals surface area contributed by atoms with E-state index in [1.165, 1.54) is 11.3 Å². The van der Waals surface area contributed by atoms with Gasteiger partial charge in [-0.3, -0.25) is 0 Å². The van der Waals surface area contributed by atoms with E-state index in [9.17, 15) is 5.26 Å². The summed E-state index contributed by atoms with van der Waals surface area (Å²) in [5.74, 6) is 0. The molecule has 1 aromatic carbocycles. The number of nitriles is 1. The first-order valence-electron chi connectivity index (χ1n) is 5.62. The van der Waals surface area contributed by atoms with Crippen LogP contribution in [-0.2, 0) is 0 Å². The average Bonchev–Trinajstić information content (AvgIpc) is 3.07. The molecule has 0 spiro atoms. The van der Waals surface area contributed by atoms with E-state index < -0.39 is 0 Å². The fraction of sp³-hybridized carbons (Fsp3) is 0.0769. The van der Waals surface area contributed by atoms with Gasteiger partial charge in [0.05, 0.1) is 0 Å². The van der Waals surface area contributed by atoms with Gasteiger partial charge in [-0.1, -0.05) is 29.0 Å². The zero-order valence-electron chi connectivity index (χ0n) is 10.1. The first kappa shape index (κ1) is 11.6. The lowest BCUT2D eigenvalue weighted by atomic mass is 10.1. The van der Waals surface area contributed by atoms with Crippen molar-refractivity contribution in [2.24, 2.45) is 0 Å². The van der Waals surface area contributed by atoms with Crippen LogP contribution in [0.1, 0.15) is 11.3 Å². The third-order valence-corrected chi connectivity index (χ3v) is 3.42. The van der Waals surface area contributed by atoms with Crippen LogP contribution in [0.4, 0.5) is 0 Å². The molecule has 0 radical (unpaired) electrons. The summed E-state index contributed by atoms with van der Waals surface area (Å²) >= 11 is 1.45. The largest absolute Gasteiger partial charge is 0.227 e. The van der Waals surface area contributed by atoms with Crippen molar-refractivity contribution in [2.75, 3.05) is 0 Å². The van der Waals surface area contributed by atoms with E-state index in [4.69, 9.17) is 0 Å². The van der Waals surface area contributed by atoms with Gasteiger partial charge >= 0.3 is 0 Å². The van der Waals surface area contributed by atoms with Crippen LogP contribution in [0.3, 0.4) is 0 Å². The lowest BCUT2D eigenvalue weighted by Crippen LogP contribution is -1.99. The molecule has 6 heteroatoms. The van der Waals surface area contributed by atoms with Crippen LogP contribution < -0.4 is 0 Å². The summed E-state index contributed by atoms with van der Waals surface area (Å²) in [7, 11) is 0. The summed E-state index contributed by atoms with van der Waals surface area (Å²) in [6, 6.07) is 9.98. The van der Waals surface area contributed by atoms with Crippen LogP contribution in [0.2, 0.25) is 0 Å². The normalized spacial score (nSPS) is 10.3. The van der Waals surface area contributed by atoms with Crippen molar-refractivity contribution in [1.29, 1.82) is 5.26 Å². The lowest BCUT2D eigenvalue weighted by molar-refractivity contribution is 0.800. The van der Waals surface area contributed by atoms with Gasteiger partial charge in [-0.25, -0.2) is 4.98 Å². The van der Waals surface area contributed by atoms with Crippen molar-refractivity contribution < 1.29 is 0 Å². The van der Waals surface area contributed by atoms with E-state index in [1.807, 2.05) is 36.6 Å². The van der Waals surface area contributed by atoms with Crippen LogP contribution in [0, 0.1) is 18.3 Å². The monoisotopic (exact) mass is 267 g/mol. The number of nitrogens with zero attached hydrogens (tertiary/aromatic N) is 5. The summed E-state index contributed by atoms with van der Waals surface area (Å²) in [5, 5.41) is 19.7. The number of rotatable bonds is 2. The first-order valence-corrected chi connectivity index (χ1v) is 6.50. The highest BCUT2D eigenvalue weighted by Gasteiger charge is 2.17. The zero-order valence-corrected chi connectivity index (χ0v) is 10.9. The Morgan fingerprint density at radius 1 is 1.37 bits per heavy atom. The standard InChI is InChI=1S/C13H9N5S/c1-9-3-2-4-10(7-9)12-11(8-14)16-17-18(12)13-15-5-6-19-13/h2-7H,1H3. The Labute approximate surface area is 113 Å². The van der Waals surface area contributed by atoms with Crippen molar-refractivity contribution in [3.05, 3.63) is 47.1 Å². The Bertz CT molecular complexity index is 752. The quantitative estimate of drug-likeness (QED) is 0.715. The van der Waals surface area contributed by atoms with E-state index in [0.29, 0.717) is 16.5 Å². The zero-order chi connectivity index (χ0) is 13.2. The lowest BCUT2D eigenvalue weighted by Gasteiger charge is -2.04. The summed E-state index contributed by atoms with van der Waals surface area (Å²) < 4.78 is 1.61. The molecule has 0 atom stereocenters. The predicted molar refractivity (Wildman–Crippen MR) is 71.9 cm³/mol. The van der Waals surface area contributed by atoms with E-state index in [0.717, 1.165) is 11.1 Å². The Morgan fingerprint density at radius 2 is 2.26 bits per heavy atom. The van der Waals surface area contributed by atoms with Crippen molar-refractivity contribution in [3.63, 3.8) is 0 Å². The molecule has 0 amide bonds. The summed E-state index contributed by atoms with van der Waals surface area (Å²) in [5.41, 5.74) is 3.02. The van der Waals surface area contributed by atoms with Gasteiger partial charge in [-0.05, 0) is 13.0 Å². The van der Waals surface area contributed by atoms with Gasteiger partial charge in [0.1, 0.15) is 11.8 Å². The Hall–Kier alpha value is -2.52. The highest BCUT2D eigenvalue weighted by Crippen LogP contribution is 2.26. The van der Waals surface area contributed by atoms with Crippen molar-refractivity contribution in [3.8, 4) is 22.5 Å². The number of hydrogen-bond acceptors (Lipinski definition) is 5. The number of aromatic nitrogens is 4. The van der Waals surface area contributed by atoms with Gasteiger partial charge in [0.2, 0.25) is 5.13 Å². The second-order valence-electron chi connectivity index (χ2n) is 3.99. The maximum absolute atomic E-state index is 9.18. The Morgan fingerprint density at radius 3 is 2.95 bits per heavy atom. The number of benzene rings is 1. The third-order valence-electron chi connectivity index (χ3n) is 2.67. The van der Waals surface area contributed by atoms with Gasteiger partial charge in [0.25, 0.3) is 0 Å². The molecule has 19 heavy (non-hydrogen) atoms. The van der Waals surface area contributed by atoms with Crippen LogP contribution in [-0.4, -0.2) is 20.0 Å². The molecule has 0 saturated carbocycles. The molecule has 0 saturated heterocycles. The Balaban J connectivity index is 2.25. The van der Waals surface area contributed by atoms with E-state index in [1.54, 1.807) is 10.9 Å². The molecule has 0 aliphatic carbocycles. The third kappa shape index (κ3) is 2.00. The second kappa shape index (κ2) is 4.63. The second-order valence-corrected chi connectivity index (χ2v) is 4.87.